The van der Waals surface area contributed by atoms with Crippen LogP contribution in [0.5, 0.6) is 0 Å². The summed E-state index contributed by atoms with van der Waals surface area (Å²) < 4.78 is 5.48. The molecule has 4 heteroatoms. The SMILES string of the molecule is NCC1CCCCC1CNC(=O)CC1CCCO1. The van der Waals surface area contributed by atoms with Gasteiger partial charge in [-0.2, -0.15) is 0 Å². The van der Waals surface area contributed by atoms with Crippen LogP contribution < -0.4 is 11.1 Å². The normalized spacial score (nSPS) is 32.4. The molecular weight excluding hydrogens is 228 g/mol. The second-order valence-electron chi connectivity index (χ2n) is 5.68. The van der Waals surface area contributed by atoms with Crippen LogP contribution in [0.3, 0.4) is 0 Å². The fraction of sp³-hybridized carbons (Fsp3) is 0.929. The van der Waals surface area contributed by atoms with E-state index in [1.807, 2.05) is 0 Å². The Morgan fingerprint density at radius 1 is 1.17 bits per heavy atom. The van der Waals surface area contributed by atoms with Gasteiger partial charge in [0.25, 0.3) is 0 Å². The summed E-state index contributed by atoms with van der Waals surface area (Å²) in [4.78, 5) is 11.8. The molecule has 2 rings (SSSR count). The number of nitrogens with one attached hydrogen (secondary N) is 1. The smallest absolute Gasteiger partial charge is 0.222 e. The molecule has 0 bridgehead atoms. The summed E-state index contributed by atoms with van der Waals surface area (Å²) in [6, 6.07) is 0. The van der Waals surface area contributed by atoms with E-state index in [0.717, 1.165) is 32.5 Å². The van der Waals surface area contributed by atoms with Crippen LogP contribution >= 0.6 is 0 Å². The molecule has 0 aromatic heterocycles. The van der Waals surface area contributed by atoms with Gasteiger partial charge in [-0.05, 0) is 44.1 Å². The van der Waals surface area contributed by atoms with E-state index in [9.17, 15) is 4.79 Å². The average Bonchev–Trinajstić information content (AvgIpc) is 2.89. The number of amides is 1. The van der Waals surface area contributed by atoms with Gasteiger partial charge in [-0.1, -0.05) is 12.8 Å². The van der Waals surface area contributed by atoms with E-state index in [0.29, 0.717) is 18.3 Å². The van der Waals surface area contributed by atoms with Crippen LogP contribution in [0.25, 0.3) is 0 Å². The summed E-state index contributed by atoms with van der Waals surface area (Å²) >= 11 is 0. The lowest BCUT2D eigenvalue weighted by Gasteiger charge is -2.30. The monoisotopic (exact) mass is 254 g/mol. The second kappa shape index (κ2) is 7.10. The Hall–Kier alpha value is -0.610. The molecule has 0 radical (unpaired) electrons. The summed E-state index contributed by atoms with van der Waals surface area (Å²) in [5.41, 5.74) is 5.80. The van der Waals surface area contributed by atoms with E-state index in [4.69, 9.17) is 10.5 Å². The highest BCUT2D eigenvalue weighted by Crippen LogP contribution is 2.28. The molecular formula is C14H26N2O2. The lowest BCUT2D eigenvalue weighted by molar-refractivity contribution is -0.123. The Labute approximate surface area is 110 Å². The van der Waals surface area contributed by atoms with E-state index >= 15 is 0 Å². The molecule has 1 aliphatic heterocycles. The zero-order valence-corrected chi connectivity index (χ0v) is 11.2. The van der Waals surface area contributed by atoms with E-state index in [1.54, 1.807) is 0 Å². The van der Waals surface area contributed by atoms with Crippen molar-refractivity contribution in [1.82, 2.24) is 5.32 Å². The van der Waals surface area contributed by atoms with E-state index in [1.165, 1.54) is 25.7 Å². The molecule has 0 spiro atoms. The van der Waals surface area contributed by atoms with Crippen LogP contribution in [0.4, 0.5) is 0 Å². The van der Waals surface area contributed by atoms with Gasteiger partial charge in [0.15, 0.2) is 0 Å². The van der Waals surface area contributed by atoms with Crippen LogP contribution in [-0.2, 0) is 9.53 Å². The Balaban J connectivity index is 1.67. The van der Waals surface area contributed by atoms with Crippen molar-refractivity contribution in [3.63, 3.8) is 0 Å². The quantitative estimate of drug-likeness (QED) is 0.780. The number of carbonyl (C=O) groups excluding carboxylic acids is 1. The first-order valence-electron chi connectivity index (χ1n) is 7.38. The van der Waals surface area contributed by atoms with Crippen LogP contribution in [0.15, 0.2) is 0 Å². The predicted octanol–water partition coefficient (Wildman–Crippen LogP) is 1.44. The van der Waals surface area contributed by atoms with E-state index < -0.39 is 0 Å². The minimum absolute atomic E-state index is 0.142. The van der Waals surface area contributed by atoms with Crippen molar-refractivity contribution >= 4 is 5.91 Å². The van der Waals surface area contributed by atoms with Gasteiger partial charge < -0.3 is 15.8 Å². The third kappa shape index (κ3) is 3.95. The molecule has 1 heterocycles. The van der Waals surface area contributed by atoms with Crippen LogP contribution in [0, 0.1) is 11.8 Å². The molecule has 1 saturated heterocycles. The third-order valence-electron chi connectivity index (χ3n) is 4.37. The first-order chi connectivity index (χ1) is 8.79. The van der Waals surface area contributed by atoms with Crippen molar-refractivity contribution < 1.29 is 9.53 Å². The van der Waals surface area contributed by atoms with Crippen molar-refractivity contribution in [2.75, 3.05) is 19.7 Å². The highest BCUT2D eigenvalue weighted by molar-refractivity contribution is 5.76. The summed E-state index contributed by atoms with van der Waals surface area (Å²) in [6.45, 7) is 2.37. The molecule has 2 fully saturated rings. The highest BCUT2D eigenvalue weighted by Gasteiger charge is 2.25. The fourth-order valence-electron chi connectivity index (χ4n) is 3.19. The molecule has 3 unspecified atom stereocenters. The van der Waals surface area contributed by atoms with Crippen molar-refractivity contribution in [3.05, 3.63) is 0 Å². The van der Waals surface area contributed by atoms with Crippen molar-refractivity contribution in [1.29, 1.82) is 0 Å². The number of carbonyl (C=O) groups is 1. The second-order valence-corrected chi connectivity index (χ2v) is 5.68. The predicted molar refractivity (Wildman–Crippen MR) is 71.1 cm³/mol. The molecule has 4 nitrogen and oxygen atoms in total. The van der Waals surface area contributed by atoms with E-state index in [2.05, 4.69) is 5.32 Å². The number of rotatable bonds is 5. The van der Waals surface area contributed by atoms with Crippen LogP contribution in [0.2, 0.25) is 0 Å². The lowest BCUT2D eigenvalue weighted by Crippen LogP contribution is -2.37. The molecule has 0 aromatic rings. The molecule has 2 aliphatic rings. The zero-order chi connectivity index (χ0) is 12.8. The third-order valence-corrected chi connectivity index (χ3v) is 4.37. The molecule has 3 atom stereocenters. The zero-order valence-electron chi connectivity index (χ0n) is 11.2. The van der Waals surface area contributed by atoms with Gasteiger partial charge in [0.05, 0.1) is 12.5 Å². The minimum atomic E-state index is 0.142. The molecule has 1 aliphatic carbocycles. The Morgan fingerprint density at radius 2 is 1.94 bits per heavy atom. The minimum Gasteiger partial charge on any atom is -0.378 e. The maximum atomic E-state index is 11.8. The van der Waals surface area contributed by atoms with Gasteiger partial charge in [0.2, 0.25) is 5.91 Å². The van der Waals surface area contributed by atoms with Crippen LogP contribution in [0.1, 0.15) is 44.9 Å². The average molecular weight is 254 g/mol. The standard InChI is InChI=1S/C14H26N2O2/c15-9-11-4-1-2-5-12(11)10-16-14(17)8-13-6-3-7-18-13/h11-13H,1-10,15H2,(H,16,17). The molecule has 104 valence electrons. The summed E-state index contributed by atoms with van der Waals surface area (Å²) in [6.07, 6.45) is 7.81. The van der Waals surface area contributed by atoms with Gasteiger partial charge >= 0.3 is 0 Å². The Bertz CT molecular complexity index is 265. The molecule has 18 heavy (non-hydrogen) atoms. The van der Waals surface area contributed by atoms with Crippen molar-refractivity contribution in [2.24, 2.45) is 17.6 Å². The van der Waals surface area contributed by atoms with Gasteiger partial charge in [-0.25, -0.2) is 0 Å². The highest BCUT2D eigenvalue weighted by atomic mass is 16.5. The summed E-state index contributed by atoms with van der Waals surface area (Å²) in [5.74, 6) is 1.32. The molecule has 3 N–H and O–H groups in total. The first-order valence-corrected chi connectivity index (χ1v) is 7.38. The maximum absolute atomic E-state index is 11.8. The summed E-state index contributed by atoms with van der Waals surface area (Å²) in [7, 11) is 0. The molecule has 0 aromatic carbocycles. The Morgan fingerprint density at radius 3 is 2.61 bits per heavy atom. The molecule has 1 amide bonds. The van der Waals surface area contributed by atoms with Gasteiger partial charge in [0, 0.05) is 13.2 Å². The topological polar surface area (TPSA) is 64.3 Å². The number of nitrogens with two attached hydrogens (primary N) is 1. The first kappa shape index (κ1) is 13.8. The fourth-order valence-corrected chi connectivity index (χ4v) is 3.19. The summed E-state index contributed by atoms with van der Waals surface area (Å²) in [5, 5.41) is 3.07. The number of ether oxygens (including phenoxy) is 1. The van der Waals surface area contributed by atoms with Crippen LogP contribution in [-0.4, -0.2) is 31.7 Å². The lowest BCUT2D eigenvalue weighted by atomic mass is 9.79. The van der Waals surface area contributed by atoms with Gasteiger partial charge in [0.1, 0.15) is 0 Å². The number of hydrogen-bond donors (Lipinski definition) is 2. The van der Waals surface area contributed by atoms with Gasteiger partial charge in [-0.3, -0.25) is 4.79 Å². The van der Waals surface area contributed by atoms with E-state index in [-0.39, 0.29) is 12.0 Å². The Kier molecular flexibility index (Phi) is 5.45. The van der Waals surface area contributed by atoms with Gasteiger partial charge in [-0.15, -0.1) is 0 Å². The molecule has 1 saturated carbocycles. The van der Waals surface area contributed by atoms with Crippen molar-refractivity contribution in [2.45, 2.75) is 51.0 Å². The van der Waals surface area contributed by atoms with Crippen molar-refractivity contribution in [3.8, 4) is 0 Å². The largest absolute Gasteiger partial charge is 0.378 e. The number of hydrogen-bond acceptors (Lipinski definition) is 3. The maximum Gasteiger partial charge on any atom is 0.222 e.